The van der Waals surface area contributed by atoms with Gasteiger partial charge >= 0.3 is 0 Å². The van der Waals surface area contributed by atoms with Crippen molar-refractivity contribution in [2.24, 2.45) is 0 Å². The van der Waals surface area contributed by atoms with Crippen molar-refractivity contribution < 1.29 is 9.59 Å². The van der Waals surface area contributed by atoms with Crippen LogP contribution in [0.15, 0.2) is 0 Å². The van der Waals surface area contributed by atoms with Crippen LogP contribution >= 0.6 is 0 Å². The standard InChI is InChI=1S/C15H28N4O2/c1-2-3-6-17-14(20)12-19-9-4-5-13(19)15(21)18-10-7-16-8-11-18/h13,16H,2-12H2,1H3,(H,17,20). The first-order valence-electron chi connectivity index (χ1n) is 8.22. The zero-order valence-electron chi connectivity index (χ0n) is 13.1. The van der Waals surface area contributed by atoms with E-state index in [9.17, 15) is 9.59 Å². The van der Waals surface area contributed by atoms with Gasteiger partial charge in [-0.3, -0.25) is 14.5 Å². The highest BCUT2D eigenvalue weighted by molar-refractivity contribution is 5.84. The molecule has 120 valence electrons. The SMILES string of the molecule is CCCCNC(=O)CN1CCCC1C(=O)N1CCNCC1. The van der Waals surface area contributed by atoms with Gasteiger partial charge in [0.25, 0.3) is 0 Å². The second-order valence-electron chi connectivity index (χ2n) is 5.91. The second-order valence-corrected chi connectivity index (χ2v) is 5.91. The molecule has 2 fully saturated rings. The van der Waals surface area contributed by atoms with Gasteiger partial charge in [0.15, 0.2) is 0 Å². The number of amides is 2. The molecule has 0 aromatic rings. The molecule has 1 unspecified atom stereocenters. The predicted octanol–water partition coefficient (Wildman–Crippen LogP) is -0.201. The van der Waals surface area contributed by atoms with E-state index in [1.165, 1.54) is 0 Å². The molecule has 21 heavy (non-hydrogen) atoms. The third-order valence-corrected chi connectivity index (χ3v) is 4.28. The van der Waals surface area contributed by atoms with Gasteiger partial charge < -0.3 is 15.5 Å². The number of unbranched alkanes of at least 4 members (excludes halogenated alkanes) is 1. The lowest BCUT2D eigenvalue weighted by molar-refractivity contribution is -0.137. The van der Waals surface area contributed by atoms with Crippen molar-refractivity contribution in [3.05, 3.63) is 0 Å². The molecule has 0 spiro atoms. The Bertz CT molecular complexity index is 356. The minimum Gasteiger partial charge on any atom is -0.355 e. The van der Waals surface area contributed by atoms with E-state index in [1.54, 1.807) is 0 Å². The van der Waals surface area contributed by atoms with Gasteiger partial charge in [0.05, 0.1) is 12.6 Å². The molecule has 2 aliphatic rings. The van der Waals surface area contributed by atoms with E-state index in [1.807, 2.05) is 9.80 Å². The molecule has 2 rings (SSSR count). The maximum Gasteiger partial charge on any atom is 0.240 e. The Morgan fingerprint density at radius 1 is 1.24 bits per heavy atom. The number of carbonyl (C=O) groups is 2. The smallest absolute Gasteiger partial charge is 0.240 e. The van der Waals surface area contributed by atoms with Gasteiger partial charge in [0.1, 0.15) is 0 Å². The van der Waals surface area contributed by atoms with E-state index in [0.717, 1.165) is 65.0 Å². The van der Waals surface area contributed by atoms with E-state index in [2.05, 4.69) is 17.6 Å². The average Bonchev–Trinajstić information content (AvgIpc) is 2.95. The van der Waals surface area contributed by atoms with Crippen molar-refractivity contribution in [2.75, 3.05) is 45.8 Å². The first kappa shape index (κ1) is 16.2. The van der Waals surface area contributed by atoms with Crippen LogP contribution in [0.3, 0.4) is 0 Å². The van der Waals surface area contributed by atoms with Gasteiger partial charge in [-0.25, -0.2) is 0 Å². The fourth-order valence-electron chi connectivity index (χ4n) is 3.04. The normalized spacial score (nSPS) is 23.3. The number of carbonyl (C=O) groups excluding carboxylic acids is 2. The molecule has 2 heterocycles. The largest absolute Gasteiger partial charge is 0.355 e. The van der Waals surface area contributed by atoms with Gasteiger partial charge in [0.2, 0.25) is 11.8 Å². The third kappa shape index (κ3) is 4.68. The summed E-state index contributed by atoms with van der Waals surface area (Å²) in [6, 6.07) is -0.0972. The van der Waals surface area contributed by atoms with Crippen molar-refractivity contribution in [2.45, 2.75) is 38.6 Å². The quantitative estimate of drug-likeness (QED) is 0.666. The summed E-state index contributed by atoms with van der Waals surface area (Å²) >= 11 is 0. The summed E-state index contributed by atoms with van der Waals surface area (Å²) in [5, 5.41) is 6.19. The number of rotatable bonds is 6. The molecular weight excluding hydrogens is 268 g/mol. The monoisotopic (exact) mass is 296 g/mol. The van der Waals surface area contributed by atoms with Crippen molar-refractivity contribution in [1.29, 1.82) is 0 Å². The van der Waals surface area contributed by atoms with Crippen molar-refractivity contribution >= 4 is 11.8 Å². The molecular formula is C15H28N4O2. The number of hydrogen-bond acceptors (Lipinski definition) is 4. The van der Waals surface area contributed by atoms with E-state index in [4.69, 9.17) is 0 Å². The summed E-state index contributed by atoms with van der Waals surface area (Å²) in [5.41, 5.74) is 0. The van der Waals surface area contributed by atoms with Crippen molar-refractivity contribution in [1.82, 2.24) is 20.4 Å². The molecule has 6 heteroatoms. The average molecular weight is 296 g/mol. The summed E-state index contributed by atoms with van der Waals surface area (Å²) in [7, 11) is 0. The first-order chi connectivity index (χ1) is 10.2. The highest BCUT2D eigenvalue weighted by atomic mass is 16.2. The van der Waals surface area contributed by atoms with Gasteiger partial charge in [-0.05, 0) is 25.8 Å². The Morgan fingerprint density at radius 2 is 2.00 bits per heavy atom. The van der Waals surface area contributed by atoms with Crippen LogP contribution in [-0.4, -0.2) is 73.5 Å². The lowest BCUT2D eigenvalue weighted by Gasteiger charge is -2.32. The molecule has 2 amide bonds. The minimum atomic E-state index is -0.0972. The molecule has 0 aliphatic carbocycles. The van der Waals surface area contributed by atoms with E-state index in [0.29, 0.717) is 6.54 Å². The molecule has 0 radical (unpaired) electrons. The first-order valence-corrected chi connectivity index (χ1v) is 8.22. The van der Waals surface area contributed by atoms with E-state index in [-0.39, 0.29) is 17.9 Å². The van der Waals surface area contributed by atoms with Crippen LogP contribution in [0.5, 0.6) is 0 Å². The van der Waals surface area contributed by atoms with Crippen molar-refractivity contribution in [3.63, 3.8) is 0 Å². The van der Waals surface area contributed by atoms with E-state index < -0.39 is 0 Å². The molecule has 2 N–H and O–H groups in total. The van der Waals surface area contributed by atoms with Crippen molar-refractivity contribution in [3.8, 4) is 0 Å². The molecule has 0 aromatic carbocycles. The molecule has 0 saturated carbocycles. The van der Waals surface area contributed by atoms with E-state index >= 15 is 0 Å². The Labute approximate surface area is 127 Å². The highest BCUT2D eigenvalue weighted by Crippen LogP contribution is 2.19. The molecule has 0 aromatic heterocycles. The molecule has 1 atom stereocenters. The molecule has 0 bridgehead atoms. The zero-order valence-corrected chi connectivity index (χ0v) is 13.1. The van der Waals surface area contributed by atoms with Gasteiger partial charge in [-0.2, -0.15) is 0 Å². The lowest BCUT2D eigenvalue weighted by atomic mass is 10.1. The Kier molecular flexibility index (Phi) is 6.45. The third-order valence-electron chi connectivity index (χ3n) is 4.28. The number of piperazine rings is 1. The molecule has 2 aliphatic heterocycles. The second kappa shape index (κ2) is 8.34. The summed E-state index contributed by atoms with van der Waals surface area (Å²) in [4.78, 5) is 28.5. The summed E-state index contributed by atoms with van der Waals surface area (Å²) < 4.78 is 0. The van der Waals surface area contributed by atoms with Gasteiger partial charge in [0, 0.05) is 32.7 Å². The topological polar surface area (TPSA) is 64.7 Å². The maximum absolute atomic E-state index is 12.6. The van der Waals surface area contributed by atoms with Crippen LogP contribution < -0.4 is 10.6 Å². The van der Waals surface area contributed by atoms with Crippen LogP contribution in [0.1, 0.15) is 32.6 Å². The number of hydrogen-bond donors (Lipinski definition) is 2. The minimum absolute atomic E-state index is 0.0449. The fraction of sp³-hybridized carbons (Fsp3) is 0.867. The Morgan fingerprint density at radius 3 is 2.71 bits per heavy atom. The predicted molar refractivity (Wildman–Crippen MR) is 82.0 cm³/mol. The Hall–Kier alpha value is -1.14. The maximum atomic E-state index is 12.6. The fourth-order valence-corrected chi connectivity index (χ4v) is 3.04. The number of likely N-dealkylation sites (tertiary alicyclic amines) is 1. The van der Waals surface area contributed by atoms with Crippen LogP contribution in [0.25, 0.3) is 0 Å². The van der Waals surface area contributed by atoms with Crippen LogP contribution in [0, 0.1) is 0 Å². The Balaban J connectivity index is 1.81. The summed E-state index contributed by atoms with van der Waals surface area (Å²) in [5.74, 6) is 0.249. The zero-order chi connectivity index (χ0) is 15.1. The number of nitrogens with zero attached hydrogens (tertiary/aromatic N) is 2. The summed E-state index contributed by atoms with van der Waals surface area (Å²) in [6.45, 7) is 7.36. The van der Waals surface area contributed by atoms with Gasteiger partial charge in [-0.1, -0.05) is 13.3 Å². The van der Waals surface area contributed by atoms with Crippen LogP contribution in [-0.2, 0) is 9.59 Å². The highest BCUT2D eigenvalue weighted by Gasteiger charge is 2.34. The summed E-state index contributed by atoms with van der Waals surface area (Å²) in [6.07, 6.45) is 3.97. The van der Waals surface area contributed by atoms with Crippen LogP contribution in [0.4, 0.5) is 0 Å². The van der Waals surface area contributed by atoms with Crippen LogP contribution in [0.2, 0.25) is 0 Å². The lowest BCUT2D eigenvalue weighted by Crippen LogP contribution is -2.53. The molecule has 2 saturated heterocycles. The number of nitrogens with one attached hydrogen (secondary N) is 2. The van der Waals surface area contributed by atoms with Gasteiger partial charge in [-0.15, -0.1) is 0 Å². The molecule has 6 nitrogen and oxygen atoms in total.